The Balaban J connectivity index is 0.000000256. The molecule has 45 heavy (non-hydrogen) atoms. The summed E-state index contributed by atoms with van der Waals surface area (Å²) >= 11 is 3.25. The molecule has 0 bridgehead atoms. The molecule has 1 aromatic carbocycles. The number of aromatic nitrogens is 2. The SMILES string of the molecule is CC(C)S(=O)(=O)NC[C@H](C)c1ccc(-c2ccc(C(=O)N3CCCCC3)cn2)cc1.O=C(c1ccc(Br)nc1)N1CCCCC1. The van der Waals surface area contributed by atoms with Crippen LogP contribution in [0.4, 0.5) is 0 Å². The van der Waals surface area contributed by atoms with Crippen LogP contribution in [0, 0.1) is 0 Å². The molecule has 0 spiro atoms. The van der Waals surface area contributed by atoms with E-state index in [1.165, 1.54) is 12.8 Å². The van der Waals surface area contributed by atoms with Gasteiger partial charge in [-0.1, -0.05) is 31.2 Å². The Kier molecular flexibility index (Phi) is 12.7. The second-order valence-corrected chi connectivity index (χ2v) is 15.1. The highest BCUT2D eigenvalue weighted by Gasteiger charge is 2.20. The molecule has 2 aromatic heterocycles. The Morgan fingerprint density at radius 3 is 1.71 bits per heavy atom. The highest BCUT2D eigenvalue weighted by atomic mass is 79.9. The van der Waals surface area contributed by atoms with E-state index in [0.717, 1.165) is 73.3 Å². The fraction of sp³-hybridized carbons (Fsp3) is 0.471. The lowest BCUT2D eigenvalue weighted by molar-refractivity contribution is 0.0716. The van der Waals surface area contributed by atoms with Gasteiger partial charge in [0.2, 0.25) is 10.0 Å². The predicted molar refractivity (Wildman–Crippen MR) is 182 cm³/mol. The number of nitrogens with zero attached hydrogens (tertiary/aromatic N) is 4. The summed E-state index contributed by atoms with van der Waals surface area (Å²) in [5.74, 6) is 0.224. The minimum atomic E-state index is -3.26. The van der Waals surface area contributed by atoms with E-state index in [2.05, 4.69) is 30.6 Å². The average molecular weight is 699 g/mol. The molecule has 0 saturated carbocycles. The molecule has 0 radical (unpaired) electrons. The fourth-order valence-corrected chi connectivity index (χ4v) is 6.31. The van der Waals surface area contributed by atoms with Crippen molar-refractivity contribution in [1.29, 1.82) is 0 Å². The van der Waals surface area contributed by atoms with E-state index in [0.29, 0.717) is 17.7 Å². The Labute approximate surface area is 276 Å². The zero-order chi connectivity index (χ0) is 32.4. The number of carbonyl (C=O) groups excluding carboxylic acids is 2. The maximum Gasteiger partial charge on any atom is 0.255 e. The Morgan fingerprint density at radius 2 is 1.27 bits per heavy atom. The summed E-state index contributed by atoms with van der Waals surface area (Å²) in [5.41, 5.74) is 4.14. The van der Waals surface area contributed by atoms with Crippen LogP contribution < -0.4 is 4.72 Å². The lowest BCUT2D eigenvalue weighted by Crippen LogP contribution is -2.35. The van der Waals surface area contributed by atoms with Crippen molar-refractivity contribution >= 4 is 37.8 Å². The number of sulfonamides is 1. The third kappa shape index (κ3) is 9.92. The fourth-order valence-electron chi connectivity index (χ4n) is 5.26. The van der Waals surface area contributed by atoms with Gasteiger partial charge in [0.25, 0.3) is 11.8 Å². The molecule has 5 rings (SSSR count). The molecular weight excluding hydrogens is 654 g/mol. The summed E-state index contributed by atoms with van der Waals surface area (Å²) in [5, 5.41) is -0.442. The van der Waals surface area contributed by atoms with Crippen molar-refractivity contribution in [2.24, 2.45) is 0 Å². The molecule has 2 aliphatic rings. The van der Waals surface area contributed by atoms with Gasteiger partial charge in [-0.3, -0.25) is 14.6 Å². The number of benzene rings is 1. The van der Waals surface area contributed by atoms with E-state index < -0.39 is 15.3 Å². The van der Waals surface area contributed by atoms with Crippen LogP contribution in [0.25, 0.3) is 11.3 Å². The zero-order valence-corrected chi connectivity index (χ0v) is 28.8. The summed E-state index contributed by atoms with van der Waals surface area (Å²) in [6.07, 6.45) is 10.1. The molecule has 2 aliphatic heterocycles. The summed E-state index contributed by atoms with van der Waals surface area (Å²) in [6, 6.07) is 15.3. The molecule has 11 heteroatoms. The predicted octanol–water partition coefficient (Wildman–Crippen LogP) is 6.28. The van der Waals surface area contributed by atoms with Crippen LogP contribution in [-0.2, 0) is 10.0 Å². The minimum absolute atomic E-state index is 0.0572. The zero-order valence-electron chi connectivity index (χ0n) is 26.4. The van der Waals surface area contributed by atoms with Gasteiger partial charge in [-0.05, 0) is 104 Å². The van der Waals surface area contributed by atoms with Crippen molar-refractivity contribution in [3.8, 4) is 11.3 Å². The molecule has 9 nitrogen and oxygen atoms in total. The van der Waals surface area contributed by atoms with E-state index in [4.69, 9.17) is 0 Å². The molecule has 242 valence electrons. The molecule has 2 amide bonds. The molecule has 1 atom stereocenters. The number of carbonyl (C=O) groups is 2. The molecule has 0 aliphatic carbocycles. The van der Waals surface area contributed by atoms with Gasteiger partial charge in [0.15, 0.2) is 0 Å². The number of piperidine rings is 2. The van der Waals surface area contributed by atoms with Gasteiger partial charge in [-0.2, -0.15) is 0 Å². The molecule has 3 aromatic rings. The number of amides is 2. The standard InChI is InChI=1S/C23H31N3O3S.C11H13BrN2O/c1-17(2)30(28,29)25-15-18(3)19-7-9-20(10-8-19)22-12-11-21(16-24-22)23(27)26-13-5-4-6-14-26;12-10-5-4-9(8-13-10)11(15)14-6-2-1-3-7-14/h7-12,16-18,25H,4-6,13-15H2,1-3H3;4-5,8H,1-3,6-7H2/t18-;/m0./s1. The van der Waals surface area contributed by atoms with Crippen LogP contribution in [0.15, 0.2) is 65.5 Å². The first-order valence-electron chi connectivity index (χ1n) is 15.8. The Bertz CT molecular complexity index is 1500. The molecule has 0 unspecified atom stereocenters. The average Bonchev–Trinajstić information content (AvgIpc) is 3.08. The monoisotopic (exact) mass is 697 g/mol. The van der Waals surface area contributed by atoms with Crippen molar-refractivity contribution in [3.05, 3.63) is 82.2 Å². The molecule has 4 heterocycles. The number of hydrogen-bond acceptors (Lipinski definition) is 6. The second-order valence-electron chi connectivity index (χ2n) is 12.0. The van der Waals surface area contributed by atoms with E-state index in [-0.39, 0.29) is 17.7 Å². The van der Waals surface area contributed by atoms with Crippen molar-refractivity contribution < 1.29 is 18.0 Å². The van der Waals surface area contributed by atoms with Gasteiger partial charge in [-0.15, -0.1) is 0 Å². The van der Waals surface area contributed by atoms with Gasteiger partial charge in [0.1, 0.15) is 4.60 Å². The van der Waals surface area contributed by atoms with Crippen molar-refractivity contribution in [2.75, 3.05) is 32.7 Å². The highest BCUT2D eigenvalue weighted by Crippen LogP contribution is 2.22. The van der Waals surface area contributed by atoms with Crippen molar-refractivity contribution in [2.45, 2.75) is 70.5 Å². The van der Waals surface area contributed by atoms with Gasteiger partial charge in [0, 0.05) is 50.7 Å². The number of halogens is 1. The van der Waals surface area contributed by atoms with Crippen LogP contribution in [0.3, 0.4) is 0 Å². The molecule has 1 N–H and O–H groups in total. The number of pyridine rings is 2. The second kappa shape index (κ2) is 16.4. The van der Waals surface area contributed by atoms with E-state index in [1.54, 1.807) is 32.3 Å². The summed E-state index contributed by atoms with van der Waals surface area (Å²) in [4.78, 5) is 36.9. The lowest BCUT2D eigenvalue weighted by atomic mass is 9.99. The smallest absolute Gasteiger partial charge is 0.255 e. The van der Waals surface area contributed by atoms with Gasteiger partial charge in [-0.25, -0.2) is 18.1 Å². The van der Waals surface area contributed by atoms with Crippen LogP contribution in [-0.4, -0.2) is 78.0 Å². The lowest BCUT2D eigenvalue weighted by Gasteiger charge is -2.26. The number of likely N-dealkylation sites (tertiary alicyclic amines) is 2. The van der Waals surface area contributed by atoms with Gasteiger partial charge >= 0.3 is 0 Å². The third-order valence-electron chi connectivity index (χ3n) is 8.26. The van der Waals surface area contributed by atoms with Crippen LogP contribution in [0.1, 0.15) is 91.5 Å². The van der Waals surface area contributed by atoms with Crippen molar-refractivity contribution in [1.82, 2.24) is 24.5 Å². The van der Waals surface area contributed by atoms with Crippen LogP contribution in [0.2, 0.25) is 0 Å². The quantitative estimate of drug-likeness (QED) is 0.278. The highest BCUT2D eigenvalue weighted by molar-refractivity contribution is 9.10. The molecule has 2 fully saturated rings. The van der Waals surface area contributed by atoms with Crippen molar-refractivity contribution in [3.63, 3.8) is 0 Å². The first-order valence-corrected chi connectivity index (χ1v) is 18.1. The first-order chi connectivity index (χ1) is 21.5. The molecule has 2 saturated heterocycles. The van der Waals surface area contributed by atoms with Crippen LogP contribution >= 0.6 is 15.9 Å². The minimum Gasteiger partial charge on any atom is -0.339 e. The van der Waals surface area contributed by atoms with E-state index in [9.17, 15) is 18.0 Å². The number of rotatable bonds is 8. The molecular formula is C34H44BrN5O4S. The maximum atomic E-state index is 12.6. The normalized spacial score (nSPS) is 16.1. The van der Waals surface area contributed by atoms with Gasteiger partial charge < -0.3 is 9.80 Å². The summed E-state index contributed by atoms with van der Waals surface area (Å²) in [6.45, 7) is 9.12. The van der Waals surface area contributed by atoms with Gasteiger partial charge in [0.05, 0.1) is 22.1 Å². The van der Waals surface area contributed by atoms with Crippen LogP contribution in [0.5, 0.6) is 0 Å². The maximum absolute atomic E-state index is 12.6. The number of nitrogens with one attached hydrogen (secondary N) is 1. The Hall–Kier alpha value is -3.15. The largest absolute Gasteiger partial charge is 0.339 e. The first kappa shape index (κ1) is 34.7. The summed E-state index contributed by atoms with van der Waals surface area (Å²) < 4.78 is 27.3. The topological polar surface area (TPSA) is 113 Å². The third-order valence-corrected chi connectivity index (χ3v) is 10.5. The van der Waals surface area contributed by atoms with E-state index in [1.807, 2.05) is 59.2 Å². The summed E-state index contributed by atoms with van der Waals surface area (Å²) in [7, 11) is -3.26. The van der Waals surface area contributed by atoms with E-state index >= 15 is 0 Å². The Morgan fingerprint density at radius 1 is 0.756 bits per heavy atom. The number of hydrogen-bond donors (Lipinski definition) is 1.